The van der Waals surface area contributed by atoms with Crippen LogP contribution in [0.5, 0.6) is 0 Å². The van der Waals surface area contributed by atoms with Gasteiger partial charge < -0.3 is 13.7 Å². The first-order valence-electron chi connectivity index (χ1n) is 9.47. The van der Waals surface area contributed by atoms with Gasteiger partial charge in [0.25, 0.3) is 0 Å². The summed E-state index contributed by atoms with van der Waals surface area (Å²) in [6, 6.07) is 11.2. The molecule has 1 atom stereocenters. The Labute approximate surface area is 168 Å². The maximum absolute atomic E-state index is 13.4. The van der Waals surface area contributed by atoms with Crippen LogP contribution in [0.2, 0.25) is 5.02 Å². The Morgan fingerprint density at radius 2 is 1.96 bits per heavy atom. The Morgan fingerprint density at radius 1 is 1.21 bits per heavy atom. The molecule has 0 bridgehead atoms. The molecule has 1 aromatic carbocycles. The van der Waals surface area contributed by atoms with Crippen molar-refractivity contribution in [3.8, 4) is 0 Å². The first-order chi connectivity index (χ1) is 13.6. The van der Waals surface area contributed by atoms with Crippen LogP contribution < -0.4 is 0 Å². The molecule has 146 valence electrons. The first kappa shape index (κ1) is 18.7. The van der Waals surface area contributed by atoms with Gasteiger partial charge >= 0.3 is 0 Å². The minimum atomic E-state index is -0.300. The highest BCUT2D eigenvalue weighted by atomic mass is 35.5. The first-order valence-corrected chi connectivity index (χ1v) is 9.84. The summed E-state index contributed by atoms with van der Waals surface area (Å²) in [6.45, 7) is 3.14. The summed E-state index contributed by atoms with van der Waals surface area (Å²) in [5.41, 5.74) is 0.945. The molecule has 6 nitrogen and oxygen atoms in total. The van der Waals surface area contributed by atoms with E-state index in [0.29, 0.717) is 36.3 Å². The van der Waals surface area contributed by atoms with Gasteiger partial charge in [-0.15, -0.1) is 10.2 Å². The Morgan fingerprint density at radius 3 is 2.57 bits per heavy atom. The van der Waals surface area contributed by atoms with E-state index in [1.165, 1.54) is 0 Å². The van der Waals surface area contributed by atoms with E-state index in [-0.39, 0.29) is 17.7 Å². The molecule has 1 aliphatic heterocycles. The summed E-state index contributed by atoms with van der Waals surface area (Å²) < 4.78 is 11.1. The molecule has 7 heteroatoms. The Hall–Kier alpha value is -2.60. The third-order valence-electron chi connectivity index (χ3n) is 5.25. The van der Waals surface area contributed by atoms with Gasteiger partial charge in [-0.05, 0) is 42.7 Å². The summed E-state index contributed by atoms with van der Waals surface area (Å²) in [5, 5.41) is 8.71. The quantitative estimate of drug-likeness (QED) is 0.637. The van der Waals surface area contributed by atoms with Crippen molar-refractivity contribution in [2.24, 2.45) is 0 Å². The lowest BCUT2D eigenvalue weighted by atomic mass is 9.90. The van der Waals surface area contributed by atoms with Crippen molar-refractivity contribution in [2.45, 2.75) is 38.0 Å². The Balaban J connectivity index is 1.48. The van der Waals surface area contributed by atoms with Crippen molar-refractivity contribution >= 4 is 17.5 Å². The van der Waals surface area contributed by atoms with Crippen LogP contribution >= 0.6 is 11.6 Å². The average Bonchev–Trinajstić information content (AvgIpc) is 3.38. The van der Waals surface area contributed by atoms with Gasteiger partial charge in [0.2, 0.25) is 17.7 Å². The number of benzene rings is 1. The fraction of sp³-hybridized carbons (Fsp3) is 0.381. The van der Waals surface area contributed by atoms with E-state index in [1.54, 1.807) is 13.2 Å². The molecule has 0 aliphatic carbocycles. The van der Waals surface area contributed by atoms with Gasteiger partial charge in [0.1, 0.15) is 5.76 Å². The Kier molecular flexibility index (Phi) is 5.48. The van der Waals surface area contributed by atoms with Crippen LogP contribution in [0, 0.1) is 6.92 Å². The van der Waals surface area contributed by atoms with Crippen LogP contribution in [-0.2, 0) is 11.2 Å². The normalized spacial score (nSPS) is 16.3. The maximum Gasteiger partial charge on any atom is 0.230 e. The molecule has 3 heterocycles. The van der Waals surface area contributed by atoms with Crippen LogP contribution in [0.1, 0.15) is 47.8 Å². The van der Waals surface area contributed by atoms with E-state index in [0.717, 1.165) is 24.2 Å². The van der Waals surface area contributed by atoms with Gasteiger partial charge in [0.15, 0.2) is 0 Å². The second kappa shape index (κ2) is 8.19. The van der Waals surface area contributed by atoms with Gasteiger partial charge in [-0.3, -0.25) is 4.79 Å². The smallest absolute Gasteiger partial charge is 0.230 e. The van der Waals surface area contributed by atoms with Crippen molar-refractivity contribution in [3.05, 3.63) is 70.8 Å². The summed E-state index contributed by atoms with van der Waals surface area (Å²) in [7, 11) is 0. The van der Waals surface area contributed by atoms with Crippen molar-refractivity contribution in [3.63, 3.8) is 0 Å². The molecule has 0 spiro atoms. The van der Waals surface area contributed by atoms with Gasteiger partial charge in [-0.1, -0.05) is 23.7 Å². The lowest BCUT2D eigenvalue weighted by Crippen LogP contribution is -2.41. The van der Waals surface area contributed by atoms with E-state index in [1.807, 2.05) is 41.3 Å². The number of piperidine rings is 1. The zero-order valence-corrected chi connectivity index (χ0v) is 16.4. The summed E-state index contributed by atoms with van der Waals surface area (Å²) in [6.07, 6.45) is 3.80. The molecule has 28 heavy (non-hydrogen) atoms. The van der Waals surface area contributed by atoms with Crippen molar-refractivity contribution in [1.82, 2.24) is 15.1 Å². The number of likely N-dealkylation sites (tertiary alicyclic amines) is 1. The standard InChI is InChI=1S/C21H22ClN3O3/c1-14-23-24-20(28-14)16-8-10-25(11-9-16)21(26)19(13-18-3-2-12-27-18)15-4-6-17(22)7-5-15/h2-7,12,16,19H,8-11,13H2,1H3. The third kappa shape index (κ3) is 4.12. The van der Waals surface area contributed by atoms with E-state index in [4.69, 9.17) is 20.4 Å². The molecule has 1 aliphatic rings. The molecule has 1 saturated heterocycles. The van der Waals surface area contributed by atoms with Crippen molar-refractivity contribution in [2.75, 3.05) is 13.1 Å². The van der Waals surface area contributed by atoms with Crippen LogP contribution in [0.15, 0.2) is 51.5 Å². The number of amides is 1. The second-order valence-corrected chi connectivity index (χ2v) is 7.58. The number of nitrogens with zero attached hydrogens (tertiary/aromatic N) is 3. The van der Waals surface area contributed by atoms with Gasteiger partial charge in [0, 0.05) is 37.4 Å². The highest BCUT2D eigenvalue weighted by Gasteiger charge is 2.32. The van der Waals surface area contributed by atoms with Crippen LogP contribution in [0.3, 0.4) is 0 Å². The van der Waals surface area contributed by atoms with Crippen LogP contribution in [0.4, 0.5) is 0 Å². The number of carbonyl (C=O) groups excluding carboxylic acids is 1. The largest absolute Gasteiger partial charge is 0.469 e. The number of hydrogen-bond donors (Lipinski definition) is 0. The molecule has 1 unspecified atom stereocenters. The lowest BCUT2D eigenvalue weighted by Gasteiger charge is -2.33. The van der Waals surface area contributed by atoms with Gasteiger partial charge in [0.05, 0.1) is 12.2 Å². The monoisotopic (exact) mass is 399 g/mol. The number of aromatic nitrogens is 2. The molecule has 0 N–H and O–H groups in total. The third-order valence-corrected chi connectivity index (χ3v) is 5.51. The molecule has 3 aromatic rings. The number of rotatable bonds is 5. The number of halogens is 1. The predicted molar refractivity (Wildman–Crippen MR) is 104 cm³/mol. The molecule has 2 aromatic heterocycles. The van der Waals surface area contributed by atoms with Crippen molar-refractivity contribution < 1.29 is 13.6 Å². The van der Waals surface area contributed by atoms with Crippen molar-refractivity contribution in [1.29, 1.82) is 0 Å². The van der Waals surface area contributed by atoms with Gasteiger partial charge in [-0.2, -0.15) is 0 Å². The fourth-order valence-electron chi connectivity index (χ4n) is 3.72. The molecule has 4 rings (SSSR count). The van der Waals surface area contributed by atoms with Crippen LogP contribution in [-0.4, -0.2) is 34.1 Å². The number of aryl methyl sites for hydroxylation is 1. The zero-order chi connectivity index (χ0) is 19.5. The summed E-state index contributed by atoms with van der Waals surface area (Å²) in [4.78, 5) is 15.3. The van der Waals surface area contributed by atoms with Crippen LogP contribution in [0.25, 0.3) is 0 Å². The number of carbonyl (C=O) groups is 1. The molecular formula is C21H22ClN3O3. The SMILES string of the molecule is Cc1nnc(C2CCN(C(=O)C(Cc3ccco3)c3ccc(Cl)cc3)CC2)o1. The minimum absolute atomic E-state index is 0.110. The highest BCUT2D eigenvalue weighted by molar-refractivity contribution is 6.30. The average molecular weight is 400 g/mol. The second-order valence-electron chi connectivity index (χ2n) is 7.15. The van der Waals surface area contributed by atoms with E-state index >= 15 is 0 Å². The molecular weight excluding hydrogens is 378 g/mol. The number of hydrogen-bond acceptors (Lipinski definition) is 5. The molecule has 1 amide bonds. The summed E-state index contributed by atoms with van der Waals surface area (Å²) in [5.74, 6) is 2.07. The van der Waals surface area contributed by atoms with E-state index in [2.05, 4.69) is 10.2 Å². The van der Waals surface area contributed by atoms with E-state index in [9.17, 15) is 4.79 Å². The molecule has 0 radical (unpaired) electrons. The zero-order valence-electron chi connectivity index (χ0n) is 15.7. The fourth-order valence-corrected chi connectivity index (χ4v) is 3.84. The maximum atomic E-state index is 13.4. The predicted octanol–water partition coefficient (Wildman–Crippen LogP) is 4.36. The Bertz CT molecular complexity index is 913. The molecule has 0 saturated carbocycles. The molecule has 1 fully saturated rings. The van der Waals surface area contributed by atoms with E-state index < -0.39 is 0 Å². The topological polar surface area (TPSA) is 72.4 Å². The summed E-state index contributed by atoms with van der Waals surface area (Å²) >= 11 is 6.03. The highest BCUT2D eigenvalue weighted by Crippen LogP contribution is 2.31. The minimum Gasteiger partial charge on any atom is -0.469 e. The van der Waals surface area contributed by atoms with Gasteiger partial charge in [-0.25, -0.2) is 0 Å². The number of furan rings is 1. The lowest BCUT2D eigenvalue weighted by molar-refractivity contribution is -0.134.